The Morgan fingerprint density at radius 1 is 1.12 bits per heavy atom. The maximum absolute atomic E-state index is 11.5. The molecule has 5 heteroatoms. The summed E-state index contributed by atoms with van der Waals surface area (Å²) in [5.74, 6) is -0.442. The number of hydrogen-bond acceptors (Lipinski definition) is 3. The van der Waals surface area contributed by atoms with E-state index < -0.39 is 0 Å². The molecule has 0 rings (SSSR count). The van der Waals surface area contributed by atoms with Gasteiger partial charge in [-0.25, -0.2) is 0 Å². The first kappa shape index (κ1) is 15.9. The van der Waals surface area contributed by atoms with E-state index in [1.165, 1.54) is 0 Å². The second-order valence-electron chi connectivity index (χ2n) is 4.18. The molecule has 17 heavy (non-hydrogen) atoms. The summed E-state index contributed by atoms with van der Waals surface area (Å²) in [4.78, 5) is 22.4. The lowest BCUT2D eigenvalue weighted by Gasteiger charge is -2.17. The molecule has 0 saturated carbocycles. The standard InChI is InChI=1S/C12H25N3O2/c1-3-5-7-10(6-4-2)15-12(17)9-14-11(16)8-13/h10H,3-9,13H2,1-2H3,(H,14,16)(H,15,17). The molecule has 0 aromatic heterocycles. The third-order valence-electron chi connectivity index (χ3n) is 2.54. The largest absolute Gasteiger partial charge is 0.352 e. The van der Waals surface area contributed by atoms with Gasteiger partial charge >= 0.3 is 0 Å². The maximum Gasteiger partial charge on any atom is 0.239 e. The van der Waals surface area contributed by atoms with E-state index in [1.54, 1.807) is 0 Å². The second kappa shape index (κ2) is 10.1. The number of carbonyl (C=O) groups is 2. The molecule has 0 spiro atoms. The summed E-state index contributed by atoms with van der Waals surface area (Å²) in [6.07, 6.45) is 5.27. The average molecular weight is 243 g/mol. The minimum absolute atomic E-state index is 0.0162. The van der Waals surface area contributed by atoms with Gasteiger partial charge in [0, 0.05) is 6.04 Å². The number of unbranched alkanes of at least 4 members (excludes halogenated alkanes) is 1. The molecule has 1 unspecified atom stereocenters. The van der Waals surface area contributed by atoms with Gasteiger partial charge in [0.05, 0.1) is 13.1 Å². The van der Waals surface area contributed by atoms with Crippen molar-refractivity contribution >= 4 is 11.8 Å². The Hall–Kier alpha value is -1.10. The molecule has 0 bridgehead atoms. The minimum Gasteiger partial charge on any atom is -0.352 e. The van der Waals surface area contributed by atoms with Gasteiger partial charge in [0.2, 0.25) is 11.8 Å². The van der Waals surface area contributed by atoms with Crippen LogP contribution in [0.5, 0.6) is 0 Å². The van der Waals surface area contributed by atoms with Crippen LogP contribution in [-0.4, -0.2) is 30.9 Å². The van der Waals surface area contributed by atoms with E-state index >= 15 is 0 Å². The summed E-state index contributed by atoms with van der Waals surface area (Å²) in [6.45, 7) is 4.16. The predicted molar refractivity (Wildman–Crippen MR) is 68.4 cm³/mol. The van der Waals surface area contributed by atoms with Crippen LogP contribution in [0.2, 0.25) is 0 Å². The first-order valence-electron chi connectivity index (χ1n) is 6.40. The first-order valence-corrected chi connectivity index (χ1v) is 6.40. The summed E-state index contributed by atoms with van der Waals surface area (Å²) in [7, 11) is 0. The number of carbonyl (C=O) groups excluding carboxylic acids is 2. The van der Waals surface area contributed by atoms with E-state index in [9.17, 15) is 9.59 Å². The average Bonchev–Trinajstić information content (AvgIpc) is 2.33. The van der Waals surface area contributed by atoms with E-state index in [1.807, 2.05) is 0 Å². The zero-order valence-electron chi connectivity index (χ0n) is 10.9. The smallest absolute Gasteiger partial charge is 0.239 e. The molecular formula is C12H25N3O2. The molecule has 0 heterocycles. The lowest BCUT2D eigenvalue weighted by atomic mass is 10.1. The van der Waals surface area contributed by atoms with Gasteiger partial charge in [0.1, 0.15) is 0 Å². The van der Waals surface area contributed by atoms with Crippen LogP contribution in [0.15, 0.2) is 0 Å². The highest BCUT2D eigenvalue weighted by atomic mass is 16.2. The molecule has 0 fully saturated rings. The van der Waals surface area contributed by atoms with Crippen LogP contribution in [0, 0.1) is 0 Å². The van der Waals surface area contributed by atoms with E-state index in [4.69, 9.17) is 5.73 Å². The number of nitrogens with one attached hydrogen (secondary N) is 2. The molecule has 5 nitrogen and oxygen atoms in total. The fourth-order valence-electron chi connectivity index (χ4n) is 1.62. The number of amides is 2. The Labute approximate surface area is 104 Å². The van der Waals surface area contributed by atoms with E-state index in [0.717, 1.165) is 32.1 Å². The van der Waals surface area contributed by atoms with E-state index in [-0.39, 0.29) is 30.9 Å². The highest BCUT2D eigenvalue weighted by Crippen LogP contribution is 2.06. The van der Waals surface area contributed by atoms with Crippen LogP contribution in [0.4, 0.5) is 0 Å². The van der Waals surface area contributed by atoms with Crippen LogP contribution in [0.3, 0.4) is 0 Å². The Morgan fingerprint density at radius 2 is 1.82 bits per heavy atom. The van der Waals surface area contributed by atoms with Crippen LogP contribution < -0.4 is 16.4 Å². The summed E-state index contributed by atoms with van der Waals surface area (Å²) >= 11 is 0. The number of hydrogen-bond donors (Lipinski definition) is 3. The van der Waals surface area contributed by atoms with E-state index in [2.05, 4.69) is 24.5 Å². The fourth-order valence-corrected chi connectivity index (χ4v) is 1.62. The Balaban J connectivity index is 3.89. The minimum atomic E-state index is -0.305. The van der Waals surface area contributed by atoms with Gasteiger partial charge in [0.15, 0.2) is 0 Å². The van der Waals surface area contributed by atoms with Gasteiger partial charge in [-0.05, 0) is 12.8 Å². The molecule has 0 aliphatic heterocycles. The van der Waals surface area contributed by atoms with Crippen molar-refractivity contribution in [3.05, 3.63) is 0 Å². The molecule has 0 aromatic rings. The molecule has 0 radical (unpaired) electrons. The molecule has 0 saturated heterocycles. The summed E-state index contributed by atoms with van der Waals surface area (Å²) in [6, 6.07) is 0.224. The van der Waals surface area contributed by atoms with Gasteiger partial charge in [-0.3, -0.25) is 9.59 Å². The van der Waals surface area contributed by atoms with Crippen molar-refractivity contribution in [1.82, 2.24) is 10.6 Å². The lowest BCUT2D eigenvalue weighted by Crippen LogP contribution is -2.43. The van der Waals surface area contributed by atoms with Crippen LogP contribution in [-0.2, 0) is 9.59 Å². The fraction of sp³-hybridized carbons (Fsp3) is 0.833. The molecular weight excluding hydrogens is 218 g/mol. The Kier molecular flexibility index (Phi) is 9.43. The van der Waals surface area contributed by atoms with Crippen molar-refractivity contribution in [2.45, 2.75) is 52.0 Å². The summed E-state index contributed by atoms with van der Waals surface area (Å²) in [5, 5.41) is 5.40. The molecule has 0 aliphatic rings. The van der Waals surface area contributed by atoms with Crippen molar-refractivity contribution in [3.8, 4) is 0 Å². The molecule has 0 aromatic carbocycles. The van der Waals surface area contributed by atoms with Gasteiger partial charge in [0.25, 0.3) is 0 Å². The van der Waals surface area contributed by atoms with Crippen LogP contribution >= 0.6 is 0 Å². The van der Waals surface area contributed by atoms with Gasteiger partial charge < -0.3 is 16.4 Å². The quantitative estimate of drug-likeness (QED) is 0.552. The van der Waals surface area contributed by atoms with Crippen molar-refractivity contribution in [2.75, 3.05) is 13.1 Å². The summed E-state index contributed by atoms with van der Waals surface area (Å²) in [5.41, 5.74) is 5.13. The Bertz CT molecular complexity index is 232. The molecule has 2 amide bonds. The van der Waals surface area contributed by atoms with Gasteiger partial charge in [-0.2, -0.15) is 0 Å². The van der Waals surface area contributed by atoms with Crippen LogP contribution in [0.25, 0.3) is 0 Å². The number of rotatable bonds is 9. The van der Waals surface area contributed by atoms with Crippen molar-refractivity contribution < 1.29 is 9.59 Å². The van der Waals surface area contributed by atoms with Gasteiger partial charge in [-0.1, -0.05) is 33.1 Å². The highest BCUT2D eigenvalue weighted by Gasteiger charge is 2.11. The third kappa shape index (κ3) is 8.68. The second-order valence-corrected chi connectivity index (χ2v) is 4.18. The first-order chi connectivity index (χ1) is 8.13. The zero-order chi connectivity index (χ0) is 13.1. The number of nitrogens with two attached hydrogens (primary N) is 1. The zero-order valence-corrected chi connectivity index (χ0v) is 10.9. The van der Waals surface area contributed by atoms with Crippen molar-refractivity contribution in [3.63, 3.8) is 0 Å². The molecule has 100 valence electrons. The third-order valence-corrected chi connectivity index (χ3v) is 2.54. The van der Waals surface area contributed by atoms with Gasteiger partial charge in [-0.15, -0.1) is 0 Å². The van der Waals surface area contributed by atoms with Crippen molar-refractivity contribution in [2.24, 2.45) is 5.73 Å². The lowest BCUT2D eigenvalue weighted by molar-refractivity contribution is -0.125. The summed E-state index contributed by atoms with van der Waals surface area (Å²) < 4.78 is 0. The Morgan fingerprint density at radius 3 is 2.35 bits per heavy atom. The van der Waals surface area contributed by atoms with Crippen molar-refractivity contribution in [1.29, 1.82) is 0 Å². The highest BCUT2D eigenvalue weighted by molar-refractivity contribution is 5.85. The monoisotopic (exact) mass is 243 g/mol. The molecule has 4 N–H and O–H groups in total. The van der Waals surface area contributed by atoms with E-state index in [0.29, 0.717) is 0 Å². The van der Waals surface area contributed by atoms with Crippen LogP contribution in [0.1, 0.15) is 46.0 Å². The molecule has 0 aliphatic carbocycles. The topological polar surface area (TPSA) is 84.2 Å². The normalized spacial score (nSPS) is 11.9. The SMILES string of the molecule is CCCCC(CCC)NC(=O)CNC(=O)CN. The molecule has 1 atom stereocenters. The predicted octanol–water partition coefficient (Wildman–Crippen LogP) is 0.536. The maximum atomic E-state index is 11.5.